The van der Waals surface area contributed by atoms with Gasteiger partial charge in [0, 0.05) is 18.7 Å². The number of rotatable bonds is 3. The molecule has 1 heterocycles. The topological polar surface area (TPSA) is 29.5 Å². The molecule has 92 valence electrons. The van der Waals surface area contributed by atoms with Crippen molar-refractivity contribution in [3.63, 3.8) is 0 Å². The standard InChI is InChI=1S/C13H16ClNO2/c1-17-9-13(16)15-7-3-6-12(15)10-4-2-5-11(14)8-10/h2,4-5,8,12H,3,6-7,9H2,1H3. The molecule has 1 unspecified atom stereocenters. The quantitative estimate of drug-likeness (QED) is 0.829. The van der Waals surface area contributed by atoms with Gasteiger partial charge in [-0.2, -0.15) is 0 Å². The molecule has 0 radical (unpaired) electrons. The Morgan fingerprint density at radius 1 is 1.59 bits per heavy atom. The fourth-order valence-electron chi connectivity index (χ4n) is 2.33. The van der Waals surface area contributed by atoms with E-state index < -0.39 is 0 Å². The van der Waals surface area contributed by atoms with Crippen LogP contribution in [0.15, 0.2) is 24.3 Å². The third-order valence-corrected chi connectivity index (χ3v) is 3.31. The van der Waals surface area contributed by atoms with E-state index in [0.717, 1.165) is 24.9 Å². The summed E-state index contributed by atoms with van der Waals surface area (Å²) < 4.78 is 4.91. The predicted molar refractivity (Wildman–Crippen MR) is 67.0 cm³/mol. The number of carbonyl (C=O) groups excluding carboxylic acids is 1. The van der Waals surface area contributed by atoms with Crippen LogP contribution in [0, 0.1) is 0 Å². The van der Waals surface area contributed by atoms with Crippen molar-refractivity contribution in [1.82, 2.24) is 4.90 Å². The summed E-state index contributed by atoms with van der Waals surface area (Å²) in [6, 6.07) is 7.88. The number of methoxy groups -OCH3 is 1. The zero-order valence-electron chi connectivity index (χ0n) is 9.86. The van der Waals surface area contributed by atoms with Gasteiger partial charge in [0.05, 0.1) is 6.04 Å². The minimum atomic E-state index is 0.0509. The highest BCUT2D eigenvalue weighted by Gasteiger charge is 2.29. The summed E-state index contributed by atoms with van der Waals surface area (Å²) in [5, 5.41) is 0.716. The number of likely N-dealkylation sites (tertiary alicyclic amines) is 1. The van der Waals surface area contributed by atoms with E-state index in [1.54, 1.807) is 7.11 Å². The first-order valence-corrected chi connectivity index (χ1v) is 6.14. The molecule has 1 atom stereocenters. The predicted octanol–water partition coefficient (Wildman–Crippen LogP) is 2.65. The molecule has 0 spiro atoms. The first-order chi connectivity index (χ1) is 8.22. The van der Waals surface area contributed by atoms with Crippen LogP contribution in [0.5, 0.6) is 0 Å². The van der Waals surface area contributed by atoms with Gasteiger partial charge in [0.25, 0.3) is 0 Å². The van der Waals surface area contributed by atoms with Crippen LogP contribution in [-0.2, 0) is 9.53 Å². The number of carbonyl (C=O) groups is 1. The van der Waals surface area contributed by atoms with E-state index in [-0.39, 0.29) is 18.6 Å². The molecule has 4 heteroatoms. The van der Waals surface area contributed by atoms with E-state index in [1.165, 1.54) is 0 Å². The summed E-state index contributed by atoms with van der Waals surface area (Å²) in [5.74, 6) is 0.0509. The number of amides is 1. The Bertz CT molecular complexity index is 408. The first kappa shape index (κ1) is 12.4. The van der Waals surface area contributed by atoms with Gasteiger partial charge in [-0.15, -0.1) is 0 Å². The molecule has 1 aliphatic heterocycles. The van der Waals surface area contributed by atoms with Crippen LogP contribution >= 0.6 is 11.6 Å². The molecule has 1 fully saturated rings. The molecule has 2 rings (SSSR count). The average molecular weight is 254 g/mol. The van der Waals surface area contributed by atoms with Crippen molar-refractivity contribution in [2.24, 2.45) is 0 Å². The lowest BCUT2D eigenvalue weighted by Gasteiger charge is -2.25. The largest absolute Gasteiger partial charge is 0.375 e. The maximum Gasteiger partial charge on any atom is 0.249 e. The van der Waals surface area contributed by atoms with Gasteiger partial charge in [0.2, 0.25) is 5.91 Å². The fraction of sp³-hybridized carbons (Fsp3) is 0.462. The van der Waals surface area contributed by atoms with Crippen LogP contribution in [-0.4, -0.2) is 31.1 Å². The number of nitrogens with zero attached hydrogens (tertiary/aromatic N) is 1. The number of hydrogen-bond donors (Lipinski definition) is 0. The zero-order valence-corrected chi connectivity index (χ0v) is 10.6. The lowest BCUT2D eigenvalue weighted by molar-refractivity contribution is -0.136. The van der Waals surface area contributed by atoms with Crippen LogP contribution in [0.1, 0.15) is 24.4 Å². The van der Waals surface area contributed by atoms with Crippen LogP contribution in [0.2, 0.25) is 5.02 Å². The Balaban J connectivity index is 2.17. The highest BCUT2D eigenvalue weighted by Crippen LogP contribution is 2.32. The van der Waals surface area contributed by atoms with Crippen molar-refractivity contribution in [3.05, 3.63) is 34.9 Å². The summed E-state index contributed by atoms with van der Waals surface area (Å²) in [5.41, 5.74) is 1.11. The van der Waals surface area contributed by atoms with Crippen molar-refractivity contribution >= 4 is 17.5 Å². The van der Waals surface area contributed by atoms with Gasteiger partial charge in [-0.1, -0.05) is 23.7 Å². The normalized spacial score (nSPS) is 19.6. The molecule has 0 bridgehead atoms. The minimum Gasteiger partial charge on any atom is -0.375 e. The second-order valence-corrected chi connectivity index (χ2v) is 4.67. The van der Waals surface area contributed by atoms with E-state index in [1.807, 2.05) is 29.2 Å². The Hall–Kier alpha value is -1.06. The fourth-order valence-corrected chi connectivity index (χ4v) is 2.53. The second kappa shape index (κ2) is 5.52. The van der Waals surface area contributed by atoms with E-state index in [9.17, 15) is 4.79 Å². The lowest BCUT2D eigenvalue weighted by Crippen LogP contribution is -2.33. The van der Waals surface area contributed by atoms with Crippen LogP contribution in [0.4, 0.5) is 0 Å². The van der Waals surface area contributed by atoms with Gasteiger partial charge >= 0.3 is 0 Å². The van der Waals surface area contributed by atoms with Gasteiger partial charge in [0.1, 0.15) is 6.61 Å². The van der Waals surface area contributed by atoms with E-state index in [4.69, 9.17) is 16.3 Å². The maximum atomic E-state index is 11.9. The number of ether oxygens (including phenoxy) is 1. The minimum absolute atomic E-state index is 0.0509. The molecular formula is C13H16ClNO2. The van der Waals surface area contributed by atoms with E-state index in [2.05, 4.69) is 0 Å². The highest BCUT2D eigenvalue weighted by molar-refractivity contribution is 6.30. The molecule has 1 aliphatic rings. The SMILES string of the molecule is COCC(=O)N1CCCC1c1cccc(Cl)c1. The van der Waals surface area contributed by atoms with Gasteiger partial charge in [-0.25, -0.2) is 0 Å². The molecule has 3 nitrogen and oxygen atoms in total. The molecule has 1 aromatic carbocycles. The van der Waals surface area contributed by atoms with Gasteiger partial charge in [0.15, 0.2) is 0 Å². The van der Waals surface area contributed by atoms with E-state index in [0.29, 0.717) is 5.02 Å². The van der Waals surface area contributed by atoms with Gasteiger partial charge < -0.3 is 9.64 Å². The summed E-state index contributed by atoms with van der Waals surface area (Å²) in [7, 11) is 1.54. The Kier molecular flexibility index (Phi) is 4.02. The first-order valence-electron chi connectivity index (χ1n) is 5.76. The number of halogens is 1. The Morgan fingerprint density at radius 3 is 3.12 bits per heavy atom. The van der Waals surface area contributed by atoms with Crippen molar-refractivity contribution in [2.75, 3.05) is 20.3 Å². The maximum absolute atomic E-state index is 11.9. The molecule has 0 N–H and O–H groups in total. The molecule has 0 aromatic heterocycles. The summed E-state index contributed by atoms with van der Waals surface area (Å²) >= 11 is 5.98. The molecule has 1 aromatic rings. The number of hydrogen-bond acceptors (Lipinski definition) is 2. The number of benzene rings is 1. The molecular weight excluding hydrogens is 238 g/mol. The van der Waals surface area contributed by atoms with Crippen molar-refractivity contribution in [3.8, 4) is 0 Å². The van der Waals surface area contributed by atoms with E-state index >= 15 is 0 Å². The third kappa shape index (κ3) is 2.79. The molecule has 1 saturated heterocycles. The Morgan fingerprint density at radius 2 is 2.41 bits per heavy atom. The van der Waals surface area contributed by atoms with Crippen LogP contribution < -0.4 is 0 Å². The lowest BCUT2D eigenvalue weighted by atomic mass is 10.0. The summed E-state index contributed by atoms with van der Waals surface area (Å²) in [6.07, 6.45) is 2.03. The molecule has 0 aliphatic carbocycles. The van der Waals surface area contributed by atoms with Gasteiger partial charge in [-0.3, -0.25) is 4.79 Å². The van der Waals surface area contributed by atoms with Crippen molar-refractivity contribution < 1.29 is 9.53 Å². The van der Waals surface area contributed by atoms with Crippen molar-refractivity contribution in [1.29, 1.82) is 0 Å². The second-order valence-electron chi connectivity index (χ2n) is 4.23. The van der Waals surface area contributed by atoms with Crippen LogP contribution in [0.25, 0.3) is 0 Å². The van der Waals surface area contributed by atoms with Gasteiger partial charge in [-0.05, 0) is 30.5 Å². The average Bonchev–Trinajstić information content (AvgIpc) is 2.78. The molecule has 1 amide bonds. The van der Waals surface area contributed by atoms with Crippen LogP contribution in [0.3, 0.4) is 0 Å². The summed E-state index contributed by atoms with van der Waals surface area (Å²) in [6.45, 7) is 0.955. The third-order valence-electron chi connectivity index (χ3n) is 3.07. The molecule has 17 heavy (non-hydrogen) atoms. The highest BCUT2D eigenvalue weighted by atomic mass is 35.5. The summed E-state index contributed by atoms with van der Waals surface area (Å²) in [4.78, 5) is 13.8. The zero-order chi connectivity index (χ0) is 12.3. The Labute approximate surface area is 106 Å². The smallest absolute Gasteiger partial charge is 0.249 e. The monoisotopic (exact) mass is 253 g/mol. The molecule has 0 saturated carbocycles. The van der Waals surface area contributed by atoms with Crippen molar-refractivity contribution in [2.45, 2.75) is 18.9 Å².